The van der Waals surface area contributed by atoms with Crippen molar-refractivity contribution in [2.24, 2.45) is 0 Å². The minimum atomic E-state index is -3.54. The Kier molecular flexibility index (Phi) is 9.34. The molecule has 0 saturated carbocycles. The van der Waals surface area contributed by atoms with Gasteiger partial charge in [0.25, 0.3) is 0 Å². The van der Waals surface area contributed by atoms with Crippen LogP contribution in [0.1, 0.15) is 21.3 Å². The molecule has 0 aliphatic heterocycles. The molecule has 0 saturated heterocycles. The van der Waals surface area contributed by atoms with Crippen LogP contribution in [0.2, 0.25) is 0 Å². The maximum Gasteiger partial charge on any atom is 0.306 e. The number of nitrogens with zero attached hydrogens (tertiary/aromatic N) is 1. The molecular formula is C17H22F2N2O6S2. The number of hydrogen-bond acceptors (Lipinski definition) is 7. The van der Waals surface area contributed by atoms with Crippen molar-refractivity contribution in [3.05, 3.63) is 58.1 Å². The fourth-order valence-corrected chi connectivity index (χ4v) is 3.69. The van der Waals surface area contributed by atoms with Gasteiger partial charge in [-0.3, -0.25) is 10.1 Å². The first-order valence-electron chi connectivity index (χ1n) is 7.80. The standard InChI is InChI=1S/C8H8FNO4S.C8H10FNO2S.CH4/c1-2-15(13,14)6-3-4-7(9)8(5-6)10(11)12;1-2-13(11,12)6-3-4-7(9)8(10)5-6;/h3-5H,2H2,1H3;3-5H,2,10H2,1H3;1H4. The average Bonchev–Trinajstić information content (AvgIpc) is 2.64. The van der Waals surface area contributed by atoms with Gasteiger partial charge in [-0.25, -0.2) is 21.2 Å². The van der Waals surface area contributed by atoms with Crippen LogP contribution in [0.25, 0.3) is 0 Å². The molecule has 162 valence electrons. The second-order valence-corrected chi connectivity index (χ2v) is 9.92. The molecule has 2 N–H and O–H groups in total. The molecule has 0 aromatic heterocycles. The number of hydrogen-bond donors (Lipinski definition) is 1. The highest BCUT2D eigenvalue weighted by molar-refractivity contribution is 7.91. The van der Waals surface area contributed by atoms with Crippen molar-refractivity contribution in [2.45, 2.75) is 31.1 Å². The number of rotatable bonds is 5. The van der Waals surface area contributed by atoms with E-state index in [1.165, 1.54) is 19.9 Å². The Hall–Kier alpha value is -2.60. The zero-order valence-electron chi connectivity index (χ0n) is 14.9. The van der Waals surface area contributed by atoms with Crippen LogP contribution in [0.4, 0.5) is 20.2 Å². The van der Waals surface area contributed by atoms with Gasteiger partial charge in [0.15, 0.2) is 19.7 Å². The number of nitrogen functional groups attached to an aromatic ring is 1. The van der Waals surface area contributed by atoms with Gasteiger partial charge in [-0.15, -0.1) is 0 Å². The van der Waals surface area contributed by atoms with Crippen molar-refractivity contribution in [1.82, 2.24) is 0 Å². The lowest BCUT2D eigenvalue weighted by Crippen LogP contribution is -2.05. The smallest absolute Gasteiger partial charge is 0.306 e. The first-order valence-corrected chi connectivity index (χ1v) is 11.1. The van der Waals surface area contributed by atoms with Crippen molar-refractivity contribution in [3.63, 3.8) is 0 Å². The van der Waals surface area contributed by atoms with Crippen molar-refractivity contribution in [2.75, 3.05) is 17.2 Å². The van der Waals surface area contributed by atoms with Gasteiger partial charge in [0, 0.05) is 6.07 Å². The van der Waals surface area contributed by atoms with Crippen LogP contribution < -0.4 is 5.73 Å². The Balaban J connectivity index is 0.000000527. The van der Waals surface area contributed by atoms with Crippen LogP contribution in [0.3, 0.4) is 0 Å². The van der Waals surface area contributed by atoms with Gasteiger partial charge in [0.1, 0.15) is 5.82 Å². The van der Waals surface area contributed by atoms with Crippen molar-refractivity contribution in [1.29, 1.82) is 0 Å². The average molecular weight is 453 g/mol. The first kappa shape index (κ1) is 26.4. The lowest BCUT2D eigenvalue weighted by molar-refractivity contribution is -0.387. The van der Waals surface area contributed by atoms with E-state index in [0.29, 0.717) is 0 Å². The molecule has 2 rings (SSSR count). The largest absolute Gasteiger partial charge is 0.396 e. The summed E-state index contributed by atoms with van der Waals surface area (Å²) in [5.74, 6) is -1.85. The van der Waals surface area contributed by atoms with E-state index in [2.05, 4.69) is 0 Å². The number of nitro groups is 1. The summed E-state index contributed by atoms with van der Waals surface area (Å²) in [6.45, 7) is 2.93. The predicted octanol–water partition coefficient (Wildman–Crippen LogP) is 3.37. The highest BCUT2D eigenvalue weighted by Gasteiger charge is 2.20. The highest BCUT2D eigenvalue weighted by Crippen LogP contribution is 2.22. The molecule has 0 spiro atoms. The summed E-state index contributed by atoms with van der Waals surface area (Å²) < 4.78 is 70.8. The molecule has 0 aliphatic carbocycles. The summed E-state index contributed by atoms with van der Waals surface area (Å²) in [5.41, 5.74) is 4.26. The van der Waals surface area contributed by atoms with Crippen molar-refractivity contribution in [3.8, 4) is 0 Å². The SMILES string of the molecule is C.CCS(=O)(=O)c1ccc(F)c(N)c1.CCS(=O)(=O)c1ccc(F)c([N+](=O)[O-])c1. The third-order valence-corrected chi connectivity index (χ3v) is 7.02. The Morgan fingerprint density at radius 1 is 0.897 bits per heavy atom. The zero-order valence-corrected chi connectivity index (χ0v) is 16.6. The lowest BCUT2D eigenvalue weighted by atomic mass is 10.3. The minimum absolute atomic E-state index is 0. The van der Waals surface area contributed by atoms with Crippen LogP contribution in [0, 0.1) is 21.7 Å². The van der Waals surface area contributed by atoms with E-state index in [0.717, 1.165) is 30.3 Å². The van der Waals surface area contributed by atoms with Crippen molar-refractivity contribution >= 4 is 31.0 Å². The van der Waals surface area contributed by atoms with Crippen molar-refractivity contribution < 1.29 is 30.5 Å². The molecule has 29 heavy (non-hydrogen) atoms. The Bertz CT molecular complexity index is 1090. The van der Waals surface area contributed by atoms with E-state index in [9.17, 15) is 35.7 Å². The molecule has 0 fully saturated rings. The second kappa shape index (κ2) is 10.3. The first-order chi connectivity index (χ1) is 12.9. The monoisotopic (exact) mass is 452 g/mol. The molecule has 0 bridgehead atoms. The van der Waals surface area contributed by atoms with E-state index >= 15 is 0 Å². The number of nitro benzene ring substituents is 1. The van der Waals surface area contributed by atoms with Crippen LogP contribution in [0.5, 0.6) is 0 Å². The molecule has 0 amide bonds. The topological polar surface area (TPSA) is 137 Å². The number of nitrogens with two attached hydrogens (primary N) is 1. The normalized spacial score (nSPS) is 11.0. The van der Waals surface area contributed by atoms with E-state index in [1.54, 1.807) is 0 Å². The third kappa shape index (κ3) is 6.75. The molecular weight excluding hydrogens is 430 g/mol. The maximum absolute atomic E-state index is 12.9. The van der Waals surface area contributed by atoms with E-state index < -0.39 is 41.9 Å². The van der Waals surface area contributed by atoms with E-state index in [4.69, 9.17) is 5.73 Å². The summed E-state index contributed by atoms with van der Waals surface area (Å²) in [4.78, 5) is 9.23. The molecule has 0 radical (unpaired) electrons. The van der Waals surface area contributed by atoms with Gasteiger partial charge in [0.05, 0.1) is 31.9 Å². The molecule has 8 nitrogen and oxygen atoms in total. The molecule has 0 aliphatic rings. The van der Waals surface area contributed by atoms with Gasteiger partial charge in [-0.1, -0.05) is 21.3 Å². The molecule has 12 heteroatoms. The van der Waals surface area contributed by atoms with Crippen LogP contribution in [0.15, 0.2) is 46.2 Å². The lowest BCUT2D eigenvalue weighted by Gasteiger charge is -2.02. The van der Waals surface area contributed by atoms with Crippen LogP contribution >= 0.6 is 0 Å². The molecule has 0 unspecified atom stereocenters. The molecule has 0 heterocycles. The van der Waals surface area contributed by atoms with Gasteiger partial charge in [-0.05, 0) is 30.3 Å². The fourth-order valence-electron chi connectivity index (χ4n) is 1.87. The summed E-state index contributed by atoms with van der Waals surface area (Å²) in [6.07, 6.45) is 0. The minimum Gasteiger partial charge on any atom is -0.396 e. The Labute approximate surface area is 168 Å². The summed E-state index contributed by atoms with van der Waals surface area (Å²) in [7, 11) is -6.83. The molecule has 2 aromatic carbocycles. The summed E-state index contributed by atoms with van der Waals surface area (Å²) in [5, 5.41) is 10.4. The van der Waals surface area contributed by atoms with E-state index in [-0.39, 0.29) is 34.4 Å². The van der Waals surface area contributed by atoms with Gasteiger partial charge in [0.2, 0.25) is 5.82 Å². The van der Waals surface area contributed by atoms with Gasteiger partial charge >= 0.3 is 5.69 Å². The number of halogens is 2. The quantitative estimate of drug-likeness (QED) is 0.318. The Morgan fingerprint density at radius 3 is 1.69 bits per heavy atom. The fraction of sp³-hybridized carbons (Fsp3) is 0.294. The number of sulfone groups is 2. The zero-order chi connectivity index (χ0) is 21.7. The van der Waals surface area contributed by atoms with Crippen LogP contribution in [-0.2, 0) is 19.7 Å². The molecule has 2 aromatic rings. The highest BCUT2D eigenvalue weighted by atomic mass is 32.2. The van der Waals surface area contributed by atoms with Crippen LogP contribution in [-0.4, -0.2) is 33.3 Å². The summed E-state index contributed by atoms with van der Waals surface area (Å²) in [6, 6.07) is 5.92. The van der Waals surface area contributed by atoms with Gasteiger partial charge < -0.3 is 5.73 Å². The number of benzene rings is 2. The maximum atomic E-state index is 12.9. The Morgan fingerprint density at radius 2 is 1.31 bits per heavy atom. The number of anilines is 1. The molecule has 0 atom stereocenters. The third-order valence-electron chi connectivity index (χ3n) is 3.56. The van der Waals surface area contributed by atoms with Gasteiger partial charge in [-0.2, -0.15) is 4.39 Å². The second-order valence-electron chi connectivity index (χ2n) is 5.36. The van der Waals surface area contributed by atoms with E-state index in [1.807, 2.05) is 0 Å². The summed E-state index contributed by atoms with van der Waals surface area (Å²) >= 11 is 0. The predicted molar refractivity (Wildman–Crippen MR) is 106 cm³/mol.